The Kier molecular flexibility index (Phi) is 4.55. The average Bonchev–Trinajstić information content (AvgIpc) is 3.28. The molecule has 0 spiro atoms. The summed E-state index contributed by atoms with van der Waals surface area (Å²) in [7, 11) is 2.15. The highest BCUT2D eigenvalue weighted by Gasteiger charge is 2.42. The number of rotatable bonds is 4. The van der Waals surface area contributed by atoms with Gasteiger partial charge in [-0.25, -0.2) is 0 Å². The number of carbonyl (C=O) groups is 1. The van der Waals surface area contributed by atoms with Gasteiger partial charge in [0, 0.05) is 38.6 Å². The lowest BCUT2D eigenvalue weighted by Crippen LogP contribution is -2.52. The predicted molar refractivity (Wildman–Crippen MR) is 85.2 cm³/mol. The molecule has 3 rings (SSSR count). The first-order chi connectivity index (χ1) is 10.1. The lowest BCUT2D eigenvalue weighted by molar-refractivity contribution is -0.138. The van der Waals surface area contributed by atoms with E-state index in [1.165, 1.54) is 25.8 Å². The monoisotopic (exact) mass is 293 g/mol. The highest BCUT2D eigenvalue weighted by Crippen LogP contribution is 2.49. The molecule has 3 aliphatic rings. The van der Waals surface area contributed by atoms with Crippen LogP contribution in [0.3, 0.4) is 0 Å². The molecule has 1 saturated carbocycles. The standard InChI is InChI=1S/C17H31N3O/c1-3-17(6-7-17)14-19-10-12-20(13-11-19)16(21)15-4-8-18(2)9-5-15/h15H,3-14H2,1-2H3. The second-order valence-electron chi connectivity index (χ2n) is 7.53. The van der Waals surface area contributed by atoms with Crippen molar-refractivity contribution in [2.24, 2.45) is 11.3 Å². The van der Waals surface area contributed by atoms with Gasteiger partial charge in [0.2, 0.25) is 5.91 Å². The number of hydrogen-bond acceptors (Lipinski definition) is 3. The van der Waals surface area contributed by atoms with Crippen molar-refractivity contribution in [3.63, 3.8) is 0 Å². The Bertz CT molecular complexity index is 364. The Hall–Kier alpha value is -0.610. The maximum Gasteiger partial charge on any atom is 0.225 e. The maximum atomic E-state index is 12.6. The van der Waals surface area contributed by atoms with E-state index in [4.69, 9.17) is 0 Å². The fourth-order valence-corrected chi connectivity index (χ4v) is 3.91. The normalized spacial score (nSPS) is 27.8. The van der Waals surface area contributed by atoms with Crippen molar-refractivity contribution in [1.29, 1.82) is 0 Å². The smallest absolute Gasteiger partial charge is 0.225 e. The molecule has 4 nitrogen and oxygen atoms in total. The van der Waals surface area contributed by atoms with Crippen LogP contribution < -0.4 is 0 Å². The first-order valence-corrected chi connectivity index (χ1v) is 8.82. The lowest BCUT2D eigenvalue weighted by Gasteiger charge is -2.39. The summed E-state index contributed by atoms with van der Waals surface area (Å²) in [5, 5.41) is 0. The summed E-state index contributed by atoms with van der Waals surface area (Å²) in [4.78, 5) is 19.7. The van der Waals surface area contributed by atoms with Gasteiger partial charge < -0.3 is 9.80 Å². The van der Waals surface area contributed by atoms with Crippen LogP contribution in [-0.2, 0) is 4.79 Å². The van der Waals surface area contributed by atoms with Crippen LogP contribution in [0.2, 0.25) is 0 Å². The molecule has 2 aliphatic heterocycles. The molecule has 3 fully saturated rings. The van der Waals surface area contributed by atoms with E-state index in [0.717, 1.165) is 52.1 Å². The van der Waals surface area contributed by atoms with Crippen LogP contribution in [0.25, 0.3) is 0 Å². The van der Waals surface area contributed by atoms with Crippen molar-refractivity contribution in [1.82, 2.24) is 14.7 Å². The molecular formula is C17H31N3O. The van der Waals surface area contributed by atoms with Gasteiger partial charge in [0.15, 0.2) is 0 Å². The molecular weight excluding hydrogens is 262 g/mol. The largest absolute Gasteiger partial charge is 0.340 e. The van der Waals surface area contributed by atoms with Crippen molar-refractivity contribution in [2.75, 3.05) is 52.9 Å². The molecule has 2 saturated heterocycles. The number of amides is 1. The molecule has 0 radical (unpaired) electrons. The Morgan fingerprint density at radius 3 is 2.19 bits per heavy atom. The first-order valence-electron chi connectivity index (χ1n) is 8.82. The summed E-state index contributed by atoms with van der Waals surface area (Å²) in [5.41, 5.74) is 0.639. The van der Waals surface area contributed by atoms with Gasteiger partial charge in [-0.1, -0.05) is 6.92 Å². The fourth-order valence-electron chi connectivity index (χ4n) is 3.91. The summed E-state index contributed by atoms with van der Waals surface area (Å²) in [6, 6.07) is 0. The molecule has 0 N–H and O–H groups in total. The Balaban J connectivity index is 1.43. The molecule has 0 aromatic heterocycles. The number of piperidine rings is 1. The molecule has 1 aliphatic carbocycles. The number of hydrogen-bond donors (Lipinski definition) is 0. The van der Waals surface area contributed by atoms with Crippen LogP contribution in [0, 0.1) is 11.3 Å². The first kappa shape index (κ1) is 15.3. The summed E-state index contributed by atoms with van der Waals surface area (Å²) < 4.78 is 0. The van der Waals surface area contributed by atoms with E-state index in [-0.39, 0.29) is 5.92 Å². The highest BCUT2D eigenvalue weighted by molar-refractivity contribution is 5.79. The van der Waals surface area contributed by atoms with E-state index in [0.29, 0.717) is 11.3 Å². The number of piperazine rings is 1. The lowest BCUT2D eigenvalue weighted by atomic mass is 9.95. The van der Waals surface area contributed by atoms with Crippen LogP contribution in [0.1, 0.15) is 39.0 Å². The van der Waals surface area contributed by atoms with Crippen molar-refractivity contribution in [2.45, 2.75) is 39.0 Å². The van der Waals surface area contributed by atoms with Gasteiger partial charge >= 0.3 is 0 Å². The molecule has 4 heteroatoms. The third-order valence-electron chi connectivity index (χ3n) is 6.02. The van der Waals surface area contributed by atoms with Gasteiger partial charge in [0.1, 0.15) is 0 Å². The number of carbonyl (C=O) groups excluding carboxylic acids is 1. The Labute approximate surface area is 129 Å². The summed E-state index contributed by atoms with van der Waals surface area (Å²) in [6.45, 7) is 9.81. The van der Waals surface area contributed by atoms with Gasteiger partial charge in [-0.15, -0.1) is 0 Å². The van der Waals surface area contributed by atoms with Gasteiger partial charge in [0.25, 0.3) is 0 Å². The molecule has 21 heavy (non-hydrogen) atoms. The van der Waals surface area contributed by atoms with Crippen molar-refractivity contribution >= 4 is 5.91 Å². The van der Waals surface area contributed by atoms with Gasteiger partial charge in [-0.05, 0) is 57.7 Å². The van der Waals surface area contributed by atoms with Gasteiger partial charge in [-0.2, -0.15) is 0 Å². The predicted octanol–water partition coefficient (Wildman–Crippen LogP) is 1.66. The van der Waals surface area contributed by atoms with Crippen LogP contribution in [0.5, 0.6) is 0 Å². The fraction of sp³-hybridized carbons (Fsp3) is 0.941. The van der Waals surface area contributed by atoms with Crippen molar-refractivity contribution < 1.29 is 4.79 Å². The zero-order chi connectivity index (χ0) is 14.9. The summed E-state index contributed by atoms with van der Waals surface area (Å²) in [6.07, 6.45) is 6.25. The van der Waals surface area contributed by atoms with Crippen LogP contribution >= 0.6 is 0 Å². The molecule has 1 amide bonds. The molecule has 0 atom stereocenters. The zero-order valence-corrected chi connectivity index (χ0v) is 13.8. The SMILES string of the molecule is CCC1(CN2CCN(C(=O)C3CCN(C)CC3)CC2)CC1. The van der Waals surface area contributed by atoms with Gasteiger partial charge in [0.05, 0.1) is 0 Å². The molecule has 0 bridgehead atoms. The van der Waals surface area contributed by atoms with E-state index in [1.807, 2.05) is 0 Å². The molecule has 0 unspecified atom stereocenters. The number of likely N-dealkylation sites (tertiary alicyclic amines) is 1. The molecule has 2 heterocycles. The van der Waals surface area contributed by atoms with Crippen LogP contribution in [0.15, 0.2) is 0 Å². The van der Waals surface area contributed by atoms with Gasteiger partial charge in [-0.3, -0.25) is 9.69 Å². The third-order valence-corrected chi connectivity index (χ3v) is 6.02. The zero-order valence-electron chi connectivity index (χ0n) is 13.8. The Morgan fingerprint density at radius 1 is 1.05 bits per heavy atom. The van der Waals surface area contributed by atoms with E-state index in [9.17, 15) is 4.79 Å². The summed E-state index contributed by atoms with van der Waals surface area (Å²) >= 11 is 0. The van der Waals surface area contributed by atoms with E-state index in [2.05, 4.69) is 28.7 Å². The minimum atomic E-state index is 0.290. The highest BCUT2D eigenvalue weighted by atomic mass is 16.2. The van der Waals surface area contributed by atoms with Crippen LogP contribution in [0.4, 0.5) is 0 Å². The van der Waals surface area contributed by atoms with Crippen molar-refractivity contribution in [3.8, 4) is 0 Å². The van der Waals surface area contributed by atoms with Crippen LogP contribution in [-0.4, -0.2) is 73.5 Å². The molecule has 0 aromatic carbocycles. The quantitative estimate of drug-likeness (QED) is 0.789. The second-order valence-corrected chi connectivity index (χ2v) is 7.53. The number of nitrogens with zero attached hydrogens (tertiary/aromatic N) is 3. The molecule has 120 valence electrons. The van der Waals surface area contributed by atoms with Crippen molar-refractivity contribution in [3.05, 3.63) is 0 Å². The van der Waals surface area contributed by atoms with E-state index >= 15 is 0 Å². The molecule has 0 aromatic rings. The topological polar surface area (TPSA) is 26.8 Å². The maximum absolute atomic E-state index is 12.6. The summed E-state index contributed by atoms with van der Waals surface area (Å²) in [5.74, 6) is 0.720. The second kappa shape index (κ2) is 6.25. The third kappa shape index (κ3) is 3.59. The Morgan fingerprint density at radius 2 is 1.67 bits per heavy atom. The minimum absolute atomic E-state index is 0.290. The van der Waals surface area contributed by atoms with E-state index < -0.39 is 0 Å². The average molecular weight is 293 g/mol. The van der Waals surface area contributed by atoms with E-state index in [1.54, 1.807) is 0 Å². The minimum Gasteiger partial charge on any atom is -0.340 e.